The Morgan fingerprint density at radius 1 is 0.943 bits per heavy atom. The highest BCUT2D eigenvalue weighted by molar-refractivity contribution is 7.93. The van der Waals surface area contributed by atoms with E-state index >= 15 is 0 Å². The van der Waals surface area contributed by atoms with Crippen molar-refractivity contribution < 1.29 is 18.5 Å². The van der Waals surface area contributed by atoms with E-state index in [0.29, 0.717) is 18.7 Å². The SMILES string of the molecule is COc1ccc(CC/C(N=S(C)(=O)C(C)c2ccc(C)nc2)=N\OCc2ccc(OC)cc2)cc1. The third-order valence-corrected chi connectivity index (χ3v) is 7.86. The highest BCUT2D eigenvalue weighted by Crippen LogP contribution is 2.23. The number of nitrogens with zero attached hydrogens (tertiary/aromatic N) is 3. The monoisotopic (exact) mass is 495 g/mol. The van der Waals surface area contributed by atoms with Crippen LogP contribution in [0.25, 0.3) is 0 Å². The summed E-state index contributed by atoms with van der Waals surface area (Å²) in [5, 5.41) is 3.97. The Bertz CT molecular complexity index is 1230. The highest BCUT2D eigenvalue weighted by atomic mass is 32.2. The van der Waals surface area contributed by atoms with Crippen LogP contribution in [0.5, 0.6) is 11.5 Å². The van der Waals surface area contributed by atoms with E-state index in [-0.39, 0.29) is 11.9 Å². The van der Waals surface area contributed by atoms with Gasteiger partial charge in [0, 0.05) is 24.6 Å². The molecule has 7 nitrogen and oxygen atoms in total. The number of hydrogen-bond donors (Lipinski definition) is 0. The van der Waals surface area contributed by atoms with Crippen LogP contribution in [0.2, 0.25) is 0 Å². The summed E-state index contributed by atoms with van der Waals surface area (Å²) in [5.74, 6) is 1.98. The van der Waals surface area contributed by atoms with Gasteiger partial charge in [-0.3, -0.25) is 4.98 Å². The standard InChI is InChI=1S/C27H33N3O4S/c1-20-6-12-24(18-28-20)21(2)35(5,31)30-27(17-11-22-7-13-25(32-3)14-8-22)29-34-19-23-9-15-26(33-4)16-10-23/h6-10,12-16,18,21H,11,17,19H2,1-5H3/b29-27+. The molecule has 0 aliphatic heterocycles. The van der Waals surface area contributed by atoms with Gasteiger partial charge in [0.1, 0.15) is 18.1 Å². The molecule has 0 bridgehead atoms. The Hall–Kier alpha value is -3.39. The van der Waals surface area contributed by atoms with E-state index in [0.717, 1.165) is 33.9 Å². The zero-order valence-corrected chi connectivity index (χ0v) is 21.7. The van der Waals surface area contributed by atoms with E-state index < -0.39 is 9.73 Å². The normalized spacial score (nSPS) is 14.0. The van der Waals surface area contributed by atoms with Crippen molar-refractivity contribution in [3.63, 3.8) is 0 Å². The molecule has 0 spiro atoms. The first-order valence-electron chi connectivity index (χ1n) is 11.4. The summed E-state index contributed by atoms with van der Waals surface area (Å²) in [7, 11) is 0.611. The lowest BCUT2D eigenvalue weighted by atomic mass is 10.1. The lowest BCUT2D eigenvalue weighted by molar-refractivity contribution is 0.129. The van der Waals surface area contributed by atoms with Crippen molar-refractivity contribution in [1.29, 1.82) is 0 Å². The van der Waals surface area contributed by atoms with Crippen molar-refractivity contribution in [2.45, 2.75) is 38.5 Å². The molecule has 0 aliphatic rings. The maximum absolute atomic E-state index is 13.6. The molecule has 0 fully saturated rings. The number of benzene rings is 2. The average molecular weight is 496 g/mol. The minimum Gasteiger partial charge on any atom is -0.497 e. The van der Waals surface area contributed by atoms with Gasteiger partial charge in [0.25, 0.3) is 0 Å². The summed E-state index contributed by atoms with van der Waals surface area (Å²) < 4.78 is 28.6. The van der Waals surface area contributed by atoms with Crippen molar-refractivity contribution >= 4 is 15.6 Å². The lowest BCUT2D eigenvalue weighted by Gasteiger charge is -2.15. The first-order valence-corrected chi connectivity index (χ1v) is 13.4. The summed E-state index contributed by atoms with van der Waals surface area (Å²) in [6.45, 7) is 4.09. The molecule has 1 aromatic heterocycles. The van der Waals surface area contributed by atoms with Crippen LogP contribution < -0.4 is 9.47 Å². The third kappa shape index (κ3) is 7.82. The largest absolute Gasteiger partial charge is 0.497 e. The van der Waals surface area contributed by atoms with Gasteiger partial charge in [-0.15, -0.1) is 0 Å². The first kappa shape index (κ1) is 26.2. The highest BCUT2D eigenvalue weighted by Gasteiger charge is 2.18. The molecule has 3 aromatic rings. The van der Waals surface area contributed by atoms with E-state index in [4.69, 9.17) is 14.3 Å². The predicted molar refractivity (Wildman–Crippen MR) is 140 cm³/mol. The number of methoxy groups -OCH3 is 2. The smallest absolute Gasteiger partial charge is 0.177 e. The number of ether oxygens (including phenoxy) is 2. The molecule has 1 heterocycles. The number of aryl methyl sites for hydroxylation is 2. The van der Waals surface area contributed by atoms with Gasteiger partial charge in [0.05, 0.1) is 29.2 Å². The number of aromatic nitrogens is 1. The maximum atomic E-state index is 13.6. The Balaban J connectivity index is 1.80. The van der Waals surface area contributed by atoms with Crippen molar-refractivity contribution in [3.8, 4) is 11.5 Å². The topological polar surface area (TPSA) is 82.4 Å². The van der Waals surface area contributed by atoms with E-state index in [9.17, 15) is 4.21 Å². The summed E-state index contributed by atoms with van der Waals surface area (Å²) in [6.07, 6.45) is 4.57. The van der Waals surface area contributed by atoms with Crippen LogP contribution >= 0.6 is 0 Å². The van der Waals surface area contributed by atoms with E-state index in [2.05, 4.69) is 14.5 Å². The fourth-order valence-corrected chi connectivity index (χ4v) is 4.67. The molecule has 2 aromatic carbocycles. The molecule has 2 unspecified atom stereocenters. The molecule has 3 rings (SSSR count). The molecule has 2 atom stereocenters. The molecule has 8 heteroatoms. The Morgan fingerprint density at radius 3 is 2.09 bits per heavy atom. The minimum absolute atomic E-state index is 0.272. The molecule has 0 aliphatic carbocycles. The van der Waals surface area contributed by atoms with Crippen molar-refractivity contribution in [1.82, 2.24) is 4.98 Å². The minimum atomic E-state index is -2.66. The maximum Gasteiger partial charge on any atom is 0.177 e. The van der Waals surface area contributed by atoms with Gasteiger partial charge >= 0.3 is 0 Å². The van der Waals surface area contributed by atoms with Gasteiger partial charge in [-0.2, -0.15) is 4.36 Å². The Kier molecular flexibility index (Phi) is 9.25. The van der Waals surface area contributed by atoms with Crippen LogP contribution in [-0.4, -0.2) is 35.5 Å². The fraction of sp³-hybridized carbons (Fsp3) is 0.333. The van der Waals surface area contributed by atoms with Crippen LogP contribution in [0, 0.1) is 6.92 Å². The second-order valence-electron chi connectivity index (χ2n) is 8.30. The molecule has 35 heavy (non-hydrogen) atoms. The Labute approximate surface area is 208 Å². The van der Waals surface area contributed by atoms with Crippen molar-refractivity contribution in [2.24, 2.45) is 9.52 Å². The van der Waals surface area contributed by atoms with Crippen molar-refractivity contribution in [3.05, 3.63) is 89.2 Å². The van der Waals surface area contributed by atoms with E-state index in [1.54, 1.807) is 26.7 Å². The van der Waals surface area contributed by atoms with Gasteiger partial charge in [-0.1, -0.05) is 35.5 Å². The fourth-order valence-electron chi connectivity index (χ4n) is 3.32. The molecular weight excluding hydrogens is 462 g/mol. The van der Waals surface area contributed by atoms with Crippen LogP contribution in [0.4, 0.5) is 0 Å². The number of oxime groups is 1. The number of pyridine rings is 1. The van der Waals surface area contributed by atoms with Crippen LogP contribution in [-0.2, 0) is 27.6 Å². The molecule has 0 saturated carbocycles. The number of amidine groups is 1. The molecule has 0 N–H and O–H groups in total. The molecule has 186 valence electrons. The van der Waals surface area contributed by atoms with Crippen LogP contribution in [0.3, 0.4) is 0 Å². The molecule has 0 saturated heterocycles. The van der Waals surface area contributed by atoms with Gasteiger partial charge < -0.3 is 14.3 Å². The summed E-state index contributed by atoms with van der Waals surface area (Å²) >= 11 is 0. The van der Waals surface area contributed by atoms with Crippen LogP contribution in [0.1, 0.15) is 41.0 Å². The van der Waals surface area contributed by atoms with Gasteiger partial charge in [-0.05, 0) is 67.3 Å². The van der Waals surface area contributed by atoms with Gasteiger partial charge in [0.2, 0.25) is 0 Å². The van der Waals surface area contributed by atoms with E-state index in [1.807, 2.05) is 74.5 Å². The second-order valence-corrected chi connectivity index (χ2v) is 10.9. The molecular formula is C27H33N3O4S. The molecule has 0 radical (unpaired) electrons. The second kappa shape index (κ2) is 12.4. The Morgan fingerprint density at radius 2 is 1.54 bits per heavy atom. The van der Waals surface area contributed by atoms with Crippen molar-refractivity contribution in [2.75, 3.05) is 20.5 Å². The van der Waals surface area contributed by atoms with E-state index in [1.165, 1.54) is 0 Å². The molecule has 0 amide bonds. The van der Waals surface area contributed by atoms with Gasteiger partial charge in [0.15, 0.2) is 5.84 Å². The lowest BCUT2D eigenvalue weighted by Crippen LogP contribution is -2.12. The zero-order chi connectivity index (χ0) is 25.3. The number of rotatable bonds is 10. The van der Waals surface area contributed by atoms with Crippen LogP contribution in [0.15, 0.2) is 76.4 Å². The predicted octanol–water partition coefficient (Wildman–Crippen LogP) is 5.73. The summed E-state index contributed by atoms with van der Waals surface area (Å²) in [5.41, 5.74) is 3.83. The third-order valence-electron chi connectivity index (χ3n) is 5.70. The average Bonchev–Trinajstić information content (AvgIpc) is 2.87. The number of hydrogen-bond acceptors (Lipinski definition) is 6. The van der Waals surface area contributed by atoms with Gasteiger partial charge in [-0.25, -0.2) is 4.21 Å². The summed E-state index contributed by atoms with van der Waals surface area (Å²) in [6, 6.07) is 19.3. The quantitative estimate of drug-likeness (QED) is 0.204. The zero-order valence-electron chi connectivity index (χ0n) is 20.9. The first-order chi connectivity index (χ1) is 16.8. The summed E-state index contributed by atoms with van der Waals surface area (Å²) in [4.78, 5) is 9.96.